The molecule has 8 nitrogen and oxygen atoms in total. The highest BCUT2D eigenvalue weighted by Crippen LogP contribution is 2.25. The van der Waals surface area contributed by atoms with Gasteiger partial charge in [0.1, 0.15) is 11.3 Å². The molecule has 0 amide bonds. The van der Waals surface area contributed by atoms with Gasteiger partial charge in [-0.05, 0) is 35.9 Å². The van der Waals surface area contributed by atoms with Crippen molar-refractivity contribution in [2.45, 2.75) is 11.4 Å². The third-order valence-electron chi connectivity index (χ3n) is 4.45. The van der Waals surface area contributed by atoms with Crippen molar-refractivity contribution in [3.05, 3.63) is 64.8 Å². The van der Waals surface area contributed by atoms with Crippen LogP contribution in [-0.2, 0) is 23.6 Å². The van der Waals surface area contributed by atoms with Gasteiger partial charge < -0.3 is 13.7 Å². The molecule has 0 bridgehead atoms. The van der Waals surface area contributed by atoms with Gasteiger partial charge >= 0.3 is 5.63 Å². The summed E-state index contributed by atoms with van der Waals surface area (Å²) in [6.07, 6.45) is 1.49. The van der Waals surface area contributed by atoms with Crippen LogP contribution in [0.2, 0.25) is 0 Å². The number of ether oxygens (including phenoxy) is 1. The summed E-state index contributed by atoms with van der Waals surface area (Å²) in [6, 6.07) is 11.5. The Labute approximate surface area is 160 Å². The largest absolute Gasteiger partial charge is 0.497 e. The van der Waals surface area contributed by atoms with Crippen molar-refractivity contribution in [3.63, 3.8) is 0 Å². The summed E-state index contributed by atoms with van der Waals surface area (Å²) < 4.78 is 40.2. The van der Waals surface area contributed by atoms with Crippen molar-refractivity contribution in [3.8, 4) is 5.75 Å². The zero-order valence-corrected chi connectivity index (χ0v) is 16.0. The topological polar surface area (TPSA) is 103 Å². The average Bonchev–Trinajstić information content (AvgIpc) is 3.09. The van der Waals surface area contributed by atoms with Gasteiger partial charge in [-0.25, -0.2) is 22.9 Å². The van der Waals surface area contributed by atoms with Crippen LogP contribution in [0.5, 0.6) is 5.75 Å². The lowest BCUT2D eigenvalue weighted by molar-refractivity contribution is 0.414. The zero-order valence-electron chi connectivity index (χ0n) is 15.2. The lowest BCUT2D eigenvalue weighted by Crippen LogP contribution is -2.23. The van der Waals surface area contributed by atoms with Gasteiger partial charge in [-0.15, -0.1) is 0 Å². The molecule has 144 valence electrons. The Morgan fingerprint density at radius 2 is 2.04 bits per heavy atom. The standard InChI is InChI=1S/C19H17N3O5S/c1-22-11-20-17-18(22)15-9-14(6-7-16(15)27-19(17)23)28(24,25)21-10-12-4-3-5-13(8-12)26-2/h3-9,11,21H,10H2,1-2H3. The van der Waals surface area contributed by atoms with Gasteiger partial charge in [0.05, 0.1) is 23.8 Å². The van der Waals surface area contributed by atoms with Crippen molar-refractivity contribution < 1.29 is 17.6 Å². The highest BCUT2D eigenvalue weighted by atomic mass is 32.2. The first-order valence-electron chi connectivity index (χ1n) is 8.39. The van der Waals surface area contributed by atoms with Gasteiger partial charge in [0, 0.05) is 19.0 Å². The number of nitrogens with one attached hydrogen (secondary N) is 1. The van der Waals surface area contributed by atoms with Crippen molar-refractivity contribution in [1.82, 2.24) is 14.3 Å². The molecule has 0 aliphatic heterocycles. The number of aromatic nitrogens is 2. The molecule has 2 aromatic heterocycles. The van der Waals surface area contributed by atoms with Crippen LogP contribution < -0.4 is 15.1 Å². The van der Waals surface area contributed by atoms with Crippen LogP contribution in [0.15, 0.2) is 62.9 Å². The summed E-state index contributed by atoms with van der Waals surface area (Å²) in [7, 11) is -0.500. The third kappa shape index (κ3) is 3.14. The number of nitrogens with zero attached hydrogens (tertiary/aromatic N) is 2. The number of imidazole rings is 1. The van der Waals surface area contributed by atoms with E-state index in [2.05, 4.69) is 9.71 Å². The smallest absolute Gasteiger partial charge is 0.364 e. The Bertz CT molecular complexity index is 1360. The molecule has 0 aliphatic rings. The van der Waals surface area contributed by atoms with Crippen molar-refractivity contribution in [2.24, 2.45) is 7.05 Å². The van der Waals surface area contributed by atoms with E-state index in [1.165, 1.54) is 24.5 Å². The second kappa shape index (κ2) is 6.77. The van der Waals surface area contributed by atoms with E-state index in [0.29, 0.717) is 22.2 Å². The summed E-state index contributed by atoms with van der Waals surface area (Å²) in [4.78, 5) is 16.1. The van der Waals surface area contributed by atoms with E-state index < -0.39 is 15.6 Å². The van der Waals surface area contributed by atoms with Gasteiger partial charge in [0.2, 0.25) is 10.0 Å². The molecule has 2 aromatic carbocycles. The highest BCUT2D eigenvalue weighted by molar-refractivity contribution is 7.89. The van der Waals surface area contributed by atoms with Crippen molar-refractivity contribution >= 4 is 32.0 Å². The van der Waals surface area contributed by atoms with E-state index >= 15 is 0 Å². The molecule has 0 aliphatic carbocycles. The van der Waals surface area contributed by atoms with Gasteiger partial charge in [-0.1, -0.05) is 12.1 Å². The summed E-state index contributed by atoms with van der Waals surface area (Å²) in [5.41, 5.74) is 1.19. The van der Waals surface area contributed by atoms with Crippen LogP contribution in [0, 0.1) is 0 Å². The molecule has 0 saturated heterocycles. The molecule has 0 radical (unpaired) electrons. The molecule has 0 spiro atoms. The quantitative estimate of drug-likeness (QED) is 0.516. The minimum absolute atomic E-state index is 0.0687. The number of fused-ring (bicyclic) bond motifs is 3. The molecule has 0 unspecified atom stereocenters. The highest BCUT2D eigenvalue weighted by Gasteiger charge is 2.18. The number of aryl methyl sites for hydroxylation is 1. The van der Waals surface area contributed by atoms with Crippen molar-refractivity contribution in [1.29, 1.82) is 0 Å². The summed E-state index contributed by atoms with van der Waals surface area (Å²) >= 11 is 0. The molecule has 4 aromatic rings. The van der Waals surface area contributed by atoms with Crippen LogP contribution in [0.4, 0.5) is 0 Å². The van der Waals surface area contributed by atoms with E-state index in [1.807, 2.05) is 0 Å². The number of benzene rings is 2. The molecular formula is C19H17N3O5S. The Balaban J connectivity index is 1.73. The number of hydrogen-bond donors (Lipinski definition) is 1. The van der Waals surface area contributed by atoms with E-state index in [-0.39, 0.29) is 17.0 Å². The maximum atomic E-state index is 12.8. The maximum Gasteiger partial charge on any atom is 0.364 e. The second-order valence-corrected chi connectivity index (χ2v) is 8.04. The SMILES string of the molecule is COc1cccc(CNS(=O)(=O)c2ccc3oc(=O)c4ncn(C)c4c3c2)c1. The van der Waals surface area contributed by atoms with Crippen LogP contribution in [0.25, 0.3) is 22.0 Å². The molecule has 9 heteroatoms. The third-order valence-corrected chi connectivity index (χ3v) is 5.85. The lowest BCUT2D eigenvalue weighted by atomic mass is 10.2. The zero-order chi connectivity index (χ0) is 19.9. The molecule has 28 heavy (non-hydrogen) atoms. The molecule has 0 saturated carbocycles. The first-order chi connectivity index (χ1) is 13.4. The number of hydrogen-bond acceptors (Lipinski definition) is 6. The molecule has 0 atom stereocenters. The Morgan fingerprint density at radius 1 is 1.21 bits per heavy atom. The molecular weight excluding hydrogens is 382 g/mol. The van der Waals surface area contributed by atoms with Gasteiger partial charge in [-0.2, -0.15) is 0 Å². The fourth-order valence-corrected chi connectivity index (χ4v) is 4.08. The predicted molar refractivity (Wildman–Crippen MR) is 104 cm³/mol. The van der Waals surface area contributed by atoms with E-state index in [4.69, 9.17) is 9.15 Å². The number of rotatable bonds is 5. The lowest BCUT2D eigenvalue weighted by Gasteiger charge is -2.09. The number of sulfonamides is 1. The molecule has 1 N–H and O–H groups in total. The second-order valence-electron chi connectivity index (χ2n) is 6.28. The van der Waals surface area contributed by atoms with Crippen molar-refractivity contribution in [2.75, 3.05) is 7.11 Å². The minimum atomic E-state index is -3.78. The van der Waals surface area contributed by atoms with Gasteiger partial charge in [0.25, 0.3) is 0 Å². The first kappa shape index (κ1) is 18.2. The van der Waals surface area contributed by atoms with E-state index in [9.17, 15) is 13.2 Å². The number of methoxy groups -OCH3 is 1. The Morgan fingerprint density at radius 3 is 2.82 bits per heavy atom. The molecule has 4 rings (SSSR count). The average molecular weight is 399 g/mol. The van der Waals surface area contributed by atoms with Crippen LogP contribution in [0.3, 0.4) is 0 Å². The normalized spacial score (nSPS) is 11.9. The fourth-order valence-electron chi connectivity index (χ4n) is 3.04. The fraction of sp³-hybridized carbons (Fsp3) is 0.158. The minimum Gasteiger partial charge on any atom is -0.497 e. The van der Waals surface area contributed by atoms with Gasteiger partial charge in [-0.3, -0.25) is 0 Å². The monoisotopic (exact) mass is 399 g/mol. The summed E-state index contributed by atoms with van der Waals surface area (Å²) in [5.74, 6) is 0.649. The predicted octanol–water partition coefficient (Wildman–Crippen LogP) is 2.17. The maximum absolute atomic E-state index is 12.8. The van der Waals surface area contributed by atoms with E-state index in [1.54, 1.807) is 43.0 Å². The van der Waals surface area contributed by atoms with E-state index in [0.717, 1.165) is 5.56 Å². The molecule has 0 fully saturated rings. The van der Waals surface area contributed by atoms with Crippen LogP contribution in [-0.4, -0.2) is 25.1 Å². The Kier molecular flexibility index (Phi) is 4.40. The summed E-state index contributed by atoms with van der Waals surface area (Å²) in [5, 5.41) is 0.499. The van der Waals surface area contributed by atoms with Gasteiger partial charge in [0.15, 0.2) is 5.52 Å². The van der Waals surface area contributed by atoms with Crippen LogP contribution >= 0.6 is 0 Å². The molecule has 2 heterocycles. The summed E-state index contributed by atoms with van der Waals surface area (Å²) in [6.45, 7) is 0.114. The first-order valence-corrected chi connectivity index (χ1v) is 9.88. The Hall–Kier alpha value is -3.17. The van der Waals surface area contributed by atoms with Crippen LogP contribution in [0.1, 0.15) is 5.56 Å².